The minimum Gasteiger partial charge on any atom is -0.480 e. The maximum atomic E-state index is 12.6. The summed E-state index contributed by atoms with van der Waals surface area (Å²) in [5.41, 5.74) is 4.82. The van der Waals surface area contributed by atoms with Gasteiger partial charge in [-0.1, -0.05) is 29.8 Å². The van der Waals surface area contributed by atoms with Gasteiger partial charge in [0.25, 0.3) is 0 Å². The minimum absolute atomic E-state index is 0.185. The summed E-state index contributed by atoms with van der Waals surface area (Å²) in [4.78, 5) is 36.2. The molecule has 0 aliphatic heterocycles. The van der Waals surface area contributed by atoms with E-state index in [1.165, 1.54) is 6.07 Å². The van der Waals surface area contributed by atoms with E-state index in [1.807, 2.05) is 0 Å². The number of hydrogen-bond donors (Lipinski definition) is 3. The number of nitrogens with one attached hydrogen (secondary N) is 1. The highest BCUT2D eigenvalue weighted by Gasteiger charge is 2.32. The van der Waals surface area contributed by atoms with E-state index in [4.69, 9.17) is 26.8 Å². The van der Waals surface area contributed by atoms with E-state index in [0.717, 1.165) is 0 Å². The topological polar surface area (TPSA) is 128 Å². The third-order valence-electron chi connectivity index (χ3n) is 3.57. The van der Waals surface area contributed by atoms with Crippen LogP contribution in [0.4, 0.5) is 4.79 Å². The van der Waals surface area contributed by atoms with Gasteiger partial charge in [0.2, 0.25) is 6.10 Å². The number of carboxylic acids is 1. The molecular formula is C19H27ClN2O6. The van der Waals surface area contributed by atoms with Crippen molar-refractivity contribution >= 4 is 29.6 Å². The van der Waals surface area contributed by atoms with Gasteiger partial charge in [0.15, 0.2) is 0 Å². The number of carbonyl (C=O) groups is 3. The number of amides is 1. The monoisotopic (exact) mass is 414 g/mol. The lowest BCUT2D eigenvalue weighted by molar-refractivity contribution is -0.165. The molecule has 0 aromatic heterocycles. The molecule has 28 heavy (non-hydrogen) atoms. The summed E-state index contributed by atoms with van der Waals surface area (Å²) in [7, 11) is 0. The smallest absolute Gasteiger partial charge is 0.409 e. The number of unbranched alkanes of at least 4 members (excludes halogenated alkanes) is 1. The minimum atomic E-state index is -1.44. The zero-order valence-electron chi connectivity index (χ0n) is 16.2. The summed E-state index contributed by atoms with van der Waals surface area (Å²) in [5.74, 6) is -2.02. The molecule has 0 spiro atoms. The fraction of sp³-hybridized carbons (Fsp3) is 0.526. The average Bonchev–Trinajstić information content (AvgIpc) is 2.58. The Morgan fingerprint density at radius 3 is 2.39 bits per heavy atom. The van der Waals surface area contributed by atoms with Crippen LogP contribution in [-0.4, -0.2) is 41.3 Å². The van der Waals surface area contributed by atoms with Gasteiger partial charge in [-0.05, 0) is 52.6 Å². The second-order valence-electron chi connectivity index (χ2n) is 7.16. The molecule has 8 nitrogen and oxygen atoms in total. The molecule has 1 aromatic carbocycles. The molecule has 0 heterocycles. The first-order valence-corrected chi connectivity index (χ1v) is 9.30. The summed E-state index contributed by atoms with van der Waals surface area (Å²) >= 11 is 6.13. The predicted octanol–water partition coefficient (Wildman–Crippen LogP) is 3.03. The first-order chi connectivity index (χ1) is 13.0. The Balaban J connectivity index is 2.96. The molecule has 0 saturated carbocycles. The van der Waals surface area contributed by atoms with E-state index in [-0.39, 0.29) is 17.0 Å². The van der Waals surface area contributed by atoms with Gasteiger partial charge in [-0.3, -0.25) is 0 Å². The maximum absolute atomic E-state index is 12.6. The molecule has 2 atom stereocenters. The van der Waals surface area contributed by atoms with Crippen molar-refractivity contribution in [3.05, 3.63) is 34.9 Å². The normalized spacial score (nSPS) is 13.3. The number of ether oxygens (including phenoxy) is 2. The Morgan fingerprint density at radius 2 is 1.86 bits per heavy atom. The largest absolute Gasteiger partial charge is 0.480 e. The van der Waals surface area contributed by atoms with E-state index in [9.17, 15) is 19.5 Å². The van der Waals surface area contributed by atoms with Crippen LogP contribution in [0.5, 0.6) is 0 Å². The van der Waals surface area contributed by atoms with Crippen molar-refractivity contribution in [3.63, 3.8) is 0 Å². The number of alkyl carbamates (subject to hydrolysis) is 1. The van der Waals surface area contributed by atoms with Gasteiger partial charge in [0, 0.05) is 10.6 Å². The molecule has 1 rings (SSSR count). The zero-order valence-corrected chi connectivity index (χ0v) is 17.0. The fourth-order valence-electron chi connectivity index (χ4n) is 2.32. The Labute approximate surface area is 169 Å². The van der Waals surface area contributed by atoms with E-state index in [0.29, 0.717) is 19.4 Å². The van der Waals surface area contributed by atoms with Gasteiger partial charge in [0.1, 0.15) is 11.6 Å². The lowest BCUT2D eigenvalue weighted by Gasteiger charge is -2.25. The number of carbonyl (C=O) groups excluding carboxylic acids is 2. The van der Waals surface area contributed by atoms with Crippen molar-refractivity contribution in [2.24, 2.45) is 5.73 Å². The van der Waals surface area contributed by atoms with Crippen LogP contribution >= 0.6 is 11.6 Å². The van der Waals surface area contributed by atoms with Crippen LogP contribution in [0.2, 0.25) is 5.02 Å². The van der Waals surface area contributed by atoms with Gasteiger partial charge in [-0.2, -0.15) is 0 Å². The zero-order chi connectivity index (χ0) is 21.3. The quantitative estimate of drug-likeness (QED) is 0.418. The molecule has 1 amide bonds. The van der Waals surface area contributed by atoms with Gasteiger partial charge in [-0.15, -0.1) is 0 Å². The molecule has 156 valence electrons. The number of esters is 1. The lowest BCUT2D eigenvalue weighted by atomic mass is 10.1. The molecule has 9 heteroatoms. The number of rotatable bonds is 9. The van der Waals surface area contributed by atoms with Gasteiger partial charge in [-0.25, -0.2) is 14.4 Å². The first-order valence-electron chi connectivity index (χ1n) is 8.92. The van der Waals surface area contributed by atoms with E-state index < -0.39 is 35.8 Å². The van der Waals surface area contributed by atoms with Gasteiger partial charge < -0.3 is 25.6 Å². The first kappa shape index (κ1) is 23.7. The maximum Gasteiger partial charge on any atom is 0.409 e. The average molecular weight is 415 g/mol. The third-order valence-corrected chi connectivity index (χ3v) is 3.91. The van der Waals surface area contributed by atoms with Crippen molar-refractivity contribution in [2.45, 2.75) is 57.8 Å². The number of hydrogen-bond acceptors (Lipinski definition) is 6. The summed E-state index contributed by atoms with van der Waals surface area (Å²) in [5, 5.41) is 11.7. The molecule has 0 saturated heterocycles. The molecule has 0 bridgehead atoms. The molecule has 0 aliphatic rings. The van der Waals surface area contributed by atoms with Crippen molar-refractivity contribution < 1.29 is 29.0 Å². The number of carboxylic acid groups (broad SMARTS) is 1. The van der Waals surface area contributed by atoms with Crippen LogP contribution in [0.15, 0.2) is 24.3 Å². The second-order valence-corrected chi connectivity index (χ2v) is 7.57. The van der Waals surface area contributed by atoms with Gasteiger partial charge >= 0.3 is 18.0 Å². The Morgan fingerprint density at radius 1 is 1.21 bits per heavy atom. The molecule has 0 radical (unpaired) electrons. The van der Waals surface area contributed by atoms with Crippen molar-refractivity contribution in [1.29, 1.82) is 0 Å². The van der Waals surface area contributed by atoms with Crippen LogP contribution in [0, 0.1) is 0 Å². The van der Waals surface area contributed by atoms with E-state index in [1.54, 1.807) is 39.0 Å². The third kappa shape index (κ3) is 8.14. The van der Waals surface area contributed by atoms with Crippen LogP contribution in [0.3, 0.4) is 0 Å². The summed E-state index contributed by atoms with van der Waals surface area (Å²) < 4.78 is 10.5. The molecule has 1 unspecified atom stereocenters. The number of benzene rings is 1. The number of aliphatic carboxylic acids is 1. The Kier molecular flexibility index (Phi) is 9.21. The molecule has 1 aromatic rings. The highest BCUT2D eigenvalue weighted by molar-refractivity contribution is 6.31. The van der Waals surface area contributed by atoms with Crippen molar-refractivity contribution in [2.75, 3.05) is 6.54 Å². The summed E-state index contributed by atoms with van der Waals surface area (Å²) in [6, 6.07) is 5.20. The van der Waals surface area contributed by atoms with Crippen molar-refractivity contribution in [3.8, 4) is 0 Å². The Hall–Kier alpha value is -2.32. The lowest BCUT2D eigenvalue weighted by Crippen LogP contribution is -2.42. The van der Waals surface area contributed by atoms with Crippen LogP contribution in [-0.2, 0) is 19.1 Å². The molecule has 4 N–H and O–H groups in total. The van der Waals surface area contributed by atoms with Crippen LogP contribution in [0.25, 0.3) is 0 Å². The molecular weight excluding hydrogens is 388 g/mol. The fourth-order valence-corrected chi connectivity index (χ4v) is 2.55. The van der Waals surface area contributed by atoms with E-state index >= 15 is 0 Å². The van der Waals surface area contributed by atoms with Gasteiger partial charge in [0.05, 0.1) is 0 Å². The number of nitrogens with two attached hydrogens (primary N) is 1. The Bertz CT molecular complexity index is 689. The molecule has 0 fully saturated rings. The van der Waals surface area contributed by atoms with E-state index in [2.05, 4.69) is 5.32 Å². The summed E-state index contributed by atoms with van der Waals surface area (Å²) in [6.07, 6.45) is -1.17. The van der Waals surface area contributed by atoms with Crippen molar-refractivity contribution in [1.82, 2.24) is 5.32 Å². The highest BCUT2D eigenvalue weighted by atomic mass is 35.5. The highest BCUT2D eigenvalue weighted by Crippen LogP contribution is 2.28. The predicted molar refractivity (Wildman–Crippen MR) is 104 cm³/mol. The van der Waals surface area contributed by atoms with Crippen LogP contribution < -0.4 is 11.1 Å². The standard InChI is InChI=1S/C19H27ClN2O6/c1-19(2,3)28-17(25)15(12-8-4-5-9-13(12)20)27-18(26)22-14(16(23)24)10-6-7-11-21/h4-5,8-9,14-15H,6-7,10-11,21H2,1-3H3,(H,22,26)(H,23,24)/t14-,15?/m0/s1. The van der Waals surface area contributed by atoms with Crippen LogP contribution in [0.1, 0.15) is 51.7 Å². The molecule has 0 aliphatic carbocycles. The SMILES string of the molecule is CC(C)(C)OC(=O)C(OC(=O)N[C@@H](CCCCN)C(=O)O)c1ccccc1Cl. The summed E-state index contributed by atoms with van der Waals surface area (Å²) in [6.45, 7) is 5.44. The number of halogens is 1. The second kappa shape index (κ2) is 10.9.